The standard InChI is InChI=1S/3Mg.H3O4P.3H2O.6H/c;;;1-5(2,3)4;;;;;;;;;/h;;;(H3,1,2,3,4);3*1H2;;;;;;. The van der Waals surface area contributed by atoms with Crippen LogP contribution in [0.3, 0.4) is 0 Å². The van der Waals surface area contributed by atoms with E-state index in [1.165, 1.54) is 0 Å². The van der Waals surface area contributed by atoms with Crippen molar-refractivity contribution in [1.29, 1.82) is 0 Å². The van der Waals surface area contributed by atoms with E-state index < -0.39 is 7.82 Å². The highest BCUT2D eigenvalue weighted by Crippen LogP contribution is 2.25. The van der Waals surface area contributed by atoms with Gasteiger partial charge < -0.3 is 31.1 Å². The Morgan fingerprint density at radius 1 is 0.727 bits per heavy atom. The molecule has 0 aromatic rings. The second kappa shape index (κ2) is 22.8. The third-order valence-electron chi connectivity index (χ3n) is 0. The first-order chi connectivity index (χ1) is 2.00. The lowest BCUT2D eigenvalue weighted by Gasteiger charge is -1.82. The van der Waals surface area contributed by atoms with Crippen molar-refractivity contribution in [2.24, 2.45) is 0 Å². The summed E-state index contributed by atoms with van der Waals surface area (Å²) in [5.41, 5.74) is 0. The van der Waals surface area contributed by atoms with Gasteiger partial charge in [0.15, 0.2) is 0 Å². The SMILES string of the molecule is O.O.O.O=P(O)(O)O.[MgH2].[MgH2].[MgH2]. The summed E-state index contributed by atoms with van der Waals surface area (Å²) in [6, 6.07) is 0. The lowest BCUT2D eigenvalue weighted by Crippen LogP contribution is -1.66. The fourth-order valence-corrected chi connectivity index (χ4v) is 0. The van der Waals surface area contributed by atoms with Crippen molar-refractivity contribution in [2.45, 2.75) is 0 Å². The molecule has 0 atom stereocenters. The van der Waals surface area contributed by atoms with Crippen LogP contribution in [0.25, 0.3) is 0 Å². The fourth-order valence-electron chi connectivity index (χ4n) is 0. The summed E-state index contributed by atoms with van der Waals surface area (Å²) in [6.45, 7) is 0. The first-order valence-electron chi connectivity index (χ1n) is 0.783. The molecule has 0 radical (unpaired) electrons. The van der Waals surface area contributed by atoms with Crippen LogP contribution in [0.1, 0.15) is 0 Å². The van der Waals surface area contributed by atoms with Gasteiger partial charge in [0.05, 0.1) is 0 Å². The van der Waals surface area contributed by atoms with E-state index in [1.807, 2.05) is 0 Å². The molecule has 68 valence electrons. The van der Waals surface area contributed by atoms with Crippen LogP contribution in [0.4, 0.5) is 0 Å². The fraction of sp³-hybridized carbons (Fsp3) is 0. The van der Waals surface area contributed by atoms with E-state index >= 15 is 0 Å². The maximum absolute atomic E-state index is 8.88. The molecule has 11 heavy (non-hydrogen) atoms. The maximum atomic E-state index is 8.88. The minimum absolute atomic E-state index is 0. The molecule has 0 unspecified atom stereocenters. The van der Waals surface area contributed by atoms with Gasteiger partial charge >= 0.3 is 77.0 Å². The third kappa shape index (κ3) is 248. The number of hydrogen-bond acceptors (Lipinski definition) is 1. The molecule has 0 rings (SSSR count). The lowest BCUT2D eigenvalue weighted by molar-refractivity contribution is 0.275. The molecule has 11 heteroatoms. The summed E-state index contributed by atoms with van der Waals surface area (Å²) < 4.78 is 8.88. The molecule has 0 amide bonds. The molecule has 0 bridgehead atoms. The molecule has 0 aromatic carbocycles. The molecule has 0 aliphatic rings. The minimum Gasteiger partial charge on any atom is -0.412 e. The van der Waals surface area contributed by atoms with Crippen LogP contribution in [0, 0.1) is 0 Å². The van der Waals surface area contributed by atoms with Gasteiger partial charge in [0, 0.05) is 0 Å². The first-order valence-corrected chi connectivity index (χ1v) is 2.35. The van der Waals surface area contributed by atoms with Crippen LogP contribution >= 0.6 is 7.82 Å². The van der Waals surface area contributed by atoms with E-state index in [0.717, 1.165) is 0 Å². The highest BCUT2D eigenvalue weighted by atomic mass is 31.2. The zero-order valence-electron chi connectivity index (χ0n) is 3.70. The topological polar surface area (TPSA) is 172 Å². The van der Waals surface area contributed by atoms with Crippen molar-refractivity contribution < 1.29 is 35.7 Å². The average Bonchev–Trinajstić information content (AvgIpc) is 0.722. The Balaban J connectivity index is -0.00000000533. The number of phosphoric acid groups is 1. The highest BCUT2D eigenvalue weighted by Gasteiger charge is 2.00. The van der Waals surface area contributed by atoms with Gasteiger partial charge in [-0.05, 0) is 0 Å². The molecule has 0 saturated carbocycles. The highest BCUT2D eigenvalue weighted by molar-refractivity contribution is 7.45. The zero-order valence-corrected chi connectivity index (χ0v) is 4.59. The van der Waals surface area contributed by atoms with Crippen molar-refractivity contribution in [3.8, 4) is 0 Å². The zero-order chi connectivity index (χ0) is 4.50. The van der Waals surface area contributed by atoms with Crippen molar-refractivity contribution in [1.82, 2.24) is 0 Å². The summed E-state index contributed by atoms with van der Waals surface area (Å²) >= 11 is 0. The van der Waals surface area contributed by atoms with Crippen molar-refractivity contribution in [2.75, 3.05) is 0 Å². The molecule has 0 aromatic heterocycles. The second-order valence-corrected chi connectivity index (χ2v) is 1.54. The molecule has 7 nitrogen and oxygen atoms in total. The van der Waals surface area contributed by atoms with Gasteiger partial charge in [-0.15, -0.1) is 0 Å². The Bertz CT molecular complexity index is 59.8. The van der Waals surface area contributed by atoms with E-state index in [9.17, 15) is 0 Å². The van der Waals surface area contributed by atoms with Crippen LogP contribution in [0.5, 0.6) is 0 Å². The van der Waals surface area contributed by atoms with Crippen LogP contribution in [0.2, 0.25) is 0 Å². The minimum atomic E-state index is -4.64. The Labute approximate surface area is 112 Å². The van der Waals surface area contributed by atoms with Gasteiger partial charge in [0.25, 0.3) is 0 Å². The van der Waals surface area contributed by atoms with E-state index in [4.69, 9.17) is 19.2 Å². The number of rotatable bonds is 0. The molecular formula is H15Mg3O7P. The van der Waals surface area contributed by atoms with Gasteiger partial charge in [-0.3, -0.25) is 0 Å². The summed E-state index contributed by atoms with van der Waals surface area (Å²) in [6.07, 6.45) is 0. The van der Waals surface area contributed by atoms with E-state index in [1.54, 1.807) is 0 Å². The van der Waals surface area contributed by atoms with Gasteiger partial charge in [0.1, 0.15) is 0 Å². The van der Waals surface area contributed by atoms with Crippen molar-refractivity contribution in [3.05, 3.63) is 0 Å². The quantitative estimate of drug-likeness (QED) is 0.278. The average molecular weight is 231 g/mol. The summed E-state index contributed by atoms with van der Waals surface area (Å²) in [5, 5.41) is 0. The molecule has 0 heterocycles. The smallest absolute Gasteiger partial charge is 0.412 e. The van der Waals surface area contributed by atoms with Crippen LogP contribution in [-0.4, -0.2) is 100 Å². The normalized spacial score (nSPS) is 5.36. The monoisotopic (exact) mass is 230 g/mol. The molecule has 0 fully saturated rings. The van der Waals surface area contributed by atoms with Crippen LogP contribution in [0.15, 0.2) is 0 Å². The van der Waals surface area contributed by atoms with Crippen LogP contribution < -0.4 is 0 Å². The molecule has 0 saturated heterocycles. The number of hydrogen-bond donors (Lipinski definition) is 3. The Hall–Kier alpha value is 2.29. The van der Waals surface area contributed by atoms with Crippen LogP contribution in [-0.2, 0) is 4.57 Å². The van der Waals surface area contributed by atoms with Gasteiger partial charge in [-0.2, -0.15) is 0 Å². The van der Waals surface area contributed by atoms with Crippen molar-refractivity contribution in [3.63, 3.8) is 0 Å². The summed E-state index contributed by atoms with van der Waals surface area (Å²) in [5.74, 6) is 0. The van der Waals surface area contributed by atoms with Gasteiger partial charge in [-0.25, -0.2) is 4.57 Å². The summed E-state index contributed by atoms with van der Waals surface area (Å²) in [7, 11) is -4.64. The predicted octanol–water partition coefficient (Wildman–Crippen LogP) is -6.15. The molecule has 0 aliphatic heterocycles. The Morgan fingerprint density at radius 2 is 0.727 bits per heavy atom. The molecule has 0 aliphatic carbocycles. The Morgan fingerprint density at radius 3 is 0.727 bits per heavy atom. The maximum Gasteiger partial charge on any atom is 0.466 e. The van der Waals surface area contributed by atoms with E-state index in [2.05, 4.69) is 0 Å². The van der Waals surface area contributed by atoms with Gasteiger partial charge in [-0.1, -0.05) is 0 Å². The van der Waals surface area contributed by atoms with E-state index in [0.29, 0.717) is 0 Å². The third-order valence-corrected chi connectivity index (χ3v) is 0. The molecular weight excluding hydrogens is 216 g/mol. The largest absolute Gasteiger partial charge is 0.466 e. The second-order valence-electron chi connectivity index (χ2n) is 0.513. The molecule has 0 spiro atoms. The summed E-state index contributed by atoms with van der Waals surface area (Å²) in [4.78, 5) is 21.6. The van der Waals surface area contributed by atoms with E-state index in [-0.39, 0.29) is 85.6 Å². The lowest BCUT2D eigenvalue weighted by atomic mass is 15.8. The van der Waals surface area contributed by atoms with Crippen molar-refractivity contribution >= 4 is 77.0 Å². The first kappa shape index (κ1) is 50.7. The molecule has 9 N–H and O–H groups in total. The predicted molar refractivity (Wildman–Crippen MR) is 50.7 cm³/mol. The Kier molecular flexibility index (Phi) is 105. The van der Waals surface area contributed by atoms with Gasteiger partial charge in [0.2, 0.25) is 0 Å².